The normalized spacial score (nSPS) is 10.9. The molecule has 1 aromatic carbocycles. The summed E-state index contributed by atoms with van der Waals surface area (Å²) in [5.41, 5.74) is 2.30. The zero-order valence-corrected chi connectivity index (χ0v) is 9.56. The quantitative estimate of drug-likeness (QED) is 0.786. The van der Waals surface area contributed by atoms with E-state index in [1.165, 1.54) is 18.1 Å². The van der Waals surface area contributed by atoms with Crippen LogP contribution in [0.3, 0.4) is 0 Å². The average Bonchev–Trinajstić information content (AvgIpc) is 2.57. The number of aryl methyl sites for hydroxylation is 1. The number of fused-ring (bicyclic) bond motifs is 1. The highest BCUT2D eigenvalue weighted by molar-refractivity contribution is 5.86. The molecule has 84 valence electrons. The van der Waals surface area contributed by atoms with E-state index < -0.39 is 0 Å². The summed E-state index contributed by atoms with van der Waals surface area (Å²) < 4.78 is 6.81. The molecule has 3 heteroatoms. The third-order valence-electron chi connectivity index (χ3n) is 2.64. The van der Waals surface area contributed by atoms with E-state index in [2.05, 4.69) is 13.0 Å². The number of benzene rings is 1. The molecule has 0 radical (unpaired) electrons. The molecule has 0 aliphatic heterocycles. The van der Waals surface area contributed by atoms with Gasteiger partial charge >= 0.3 is 0 Å². The van der Waals surface area contributed by atoms with Crippen molar-refractivity contribution in [1.29, 1.82) is 0 Å². The van der Waals surface area contributed by atoms with Gasteiger partial charge < -0.3 is 9.30 Å². The molecule has 16 heavy (non-hydrogen) atoms. The van der Waals surface area contributed by atoms with Gasteiger partial charge in [0, 0.05) is 24.2 Å². The predicted molar refractivity (Wildman–Crippen MR) is 63.6 cm³/mol. The molecule has 0 saturated heterocycles. The molecule has 1 aromatic heterocycles. The van der Waals surface area contributed by atoms with Gasteiger partial charge in [-0.2, -0.15) is 0 Å². The van der Waals surface area contributed by atoms with Gasteiger partial charge in [-0.3, -0.25) is 4.79 Å². The van der Waals surface area contributed by atoms with Crippen LogP contribution in [-0.2, 0) is 16.1 Å². The van der Waals surface area contributed by atoms with Crippen LogP contribution in [0.4, 0.5) is 0 Å². The minimum absolute atomic E-state index is 0.0863. The zero-order valence-electron chi connectivity index (χ0n) is 9.56. The standard InChI is InChI=1S/C13H15NO2/c1-10-7-14(8-11(15)9-16-2)13-6-4-3-5-12(10)13/h3-7H,8-9H2,1-2H3. The first-order valence-electron chi connectivity index (χ1n) is 5.27. The fourth-order valence-corrected chi connectivity index (χ4v) is 1.96. The van der Waals surface area contributed by atoms with E-state index in [-0.39, 0.29) is 12.4 Å². The molecule has 0 unspecified atom stereocenters. The summed E-state index contributed by atoms with van der Waals surface area (Å²) in [5.74, 6) is 0.0863. The Balaban J connectivity index is 2.34. The van der Waals surface area contributed by atoms with Crippen molar-refractivity contribution in [2.24, 2.45) is 0 Å². The van der Waals surface area contributed by atoms with Crippen molar-refractivity contribution < 1.29 is 9.53 Å². The molecule has 0 fully saturated rings. The van der Waals surface area contributed by atoms with Crippen molar-refractivity contribution in [3.8, 4) is 0 Å². The second kappa shape index (κ2) is 4.49. The zero-order chi connectivity index (χ0) is 11.5. The highest BCUT2D eigenvalue weighted by Gasteiger charge is 2.07. The summed E-state index contributed by atoms with van der Waals surface area (Å²) in [6, 6.07) is 8.10. The summed E-state index contributed by atoms with van der Waals surface area (Å²) in [6.45, 7) is 2.60. The topological polar surface area (TPSA) is 31.2 Å². The molecular formula is C13H15NO2. The lowest BCUT2D eigenvalue weighted by Crippen LogP contribution is -2.14. The minimum Gasteiger partial charge on any atom is -0.377 e. The lowest BCUT2D eigenvalue weighted by Gasteiger charge is -2.03. The number of hydrogen-bond acceptors (Lipinski definition) is 2. The molecule has 0 bridgehead atoms. The smallest absolute Gasteiger partial charge is 0.178 e. The summed E-state index contributed by atoms with van der Waals surface area (Å²) in [7, 11) is 1.54. The number of carbonyl (C=O) groups is 1. The lowest BCUT2D eigenvalue weighted by molar-refractivity contribution is -0.123. The number of carbonyl (C=O) groups excluding carboxylic acids is 1. The van der Waals surface area contributed by atoms with Crippen LogP contribution in [0.2, 0.25) is 0 Å². The molecule has 0 saturated carbocycles. The van der Waals surface area contributed by atoms with Crippen molar-refractivity contribution in [2.45, 2.75) is 13.5 Å². The van der Waals surface area contributed by atoms with E-state index in [4.69, 9.17) is 4.74 Å². The molecule has 3 nitrogen and oxygen atoms in total. The Labute approximate surface area is 94.6 Å². The van der Waals surface area contributed by atoms with E-state index in [1.54, 1.807) is 0 Å². The number of para-hydroxylation sites is 1. The minimum atomic E-state index is 0.0863. The number of Topliss-reactive ketones (excluding diaryl/α,β-unsaturated/α-hetero) is 1. The van der Waals surface area contributed by atoms with Gasteiger partial charge in [-0.15, -0.1) is 0 Å². The van der Waals surface area contributed by atoms with Crippen LogP contribution in [0.1, 0.15) is 5.56 Å². The Morgan fingerprint density at radius 1 is 1.38 bits per heavy atom. The van der Waals surface area contributed by atoms with Crippen LogP contribution >= 0.6 is 0 Å². The fourth-order valence-electron chi connectivity index (χ4n) is 1.96. The maximum absolute atomic E-state index is 11.5. The fraction of sp³-hybridized carbons (Fsp3) is 0.308. The molecule has 2 aromatic rings. The molecule has 1 heterocycles. The second-order valence-electron chi connectivity index (χ2n) is 3.93. The van der Waals surface area contributed by atoms with Crippen molar-refractivity contribution in [3.63, 3.8) is 0 Å². The van der Waals surface area contributed by atoms with E-state index >= 15 is 0 Å². The lowest BCUT2D eigenvalue weighted by atomic mass is 10.2. The van der Waals surface area contributed by atoms with Gasteiger partial charge in [0.15, 0.2) is 5.78 Å². The Morgan fingerprint density at radius 3 is 2.88 bits per heavy atom. The van der Waals surface area contributed by atoms with Gasteiger partial charge in [-0.1, -0.05) is 18.2 Å². The van der Waals surface area contributed by atoms with Crippen LogP contribution in [-0.4, -0.2) is 24.1 Å². The van der Waals surface area contributed by atoms with Crippen LogP contribution < -0.4 is 0 Å². The van der Waals surface area contributed by atoms with E-state index in [9.17, 15) is 4.79 Å². The number of hydrogen-bond donors (Lipinski definition) is 0. The molecule has 2 rings (SSSR count). The van der Waals surface area contributed by atoms with Gasteiger partial charge in [0.2, 0.25) is 0 Å². The molecule has 0 amide bonds. The number of ether oxygens (including phenoxy) is 1. The van der Waals surface area contributed by atoms with Crippen LogP contribution in [0.5, 0.6) is 0 Å². The summed E-state index contributed by atoms with van der Waals surface area (Å²) in [5, 5.41) is 1.20. The van der Waals surface area contributed by atoms with Crippen LogP contribution in [0.25, 0.3) is 10.9 Å². The van der Waals surface area contributed by atoms with Crippen molar-refractivity contribution >= 4 is 16.7 Å². The maximum atomic E-state index is 11.5. The summed E-state index contributed by atoms with van der Waals surface area (Å²) >= 11 is 0. The molecule has 0 spiro atoms. The highest BCUT2D eigenvalue weighted by Crippen LogP contribution is 2.20. The average molecular weight is 217 g/mol. The van der Waals surface area contributed by atoms with E-state index in [1.807, 2.05) is 29.0 Å². The van der Waals surface area contributed by atoms with Gasteiger partial charge in [0.25, 0.3) is 0 Å². The predicted octanol–water partition coefficient (Wildman–Crippen LogP) is 2.17. The Morgan fingerprint density at radius 2 is 2.12 bits per heavy atom. The first-order chi connectivity index (χ1) is 7.72. The van der Waals surface area contributed by atoms with Gasteiger partial charge in [0.1, 0.15) is 6.61 Å². The van der Waals surface area contributed by atoms with E-state index in [0.717, 1.165) is 5.52 Å². The second-order valence-corrected chi connectivity index (χ2v) is 3.93. The Hall–Kier alpha value is -1.61. The summed E-state index contributed by atoms with van der Waals surface area (Å²) in [4.78, 5) is 11.5. The molecule has 0 aliphatic rings. The number of nitrogens with zero attached hydrogens (tertiary/aromatic N) is 1. The molecule has 0 atom stereocenters. The molecular weight excluding hydrogens is 202 g/mol. The van der Waals surface area contributed by atoms with Crippen molar-refractivity contribution in [1.82, 2.24) is 4.57 Å². The third-order valence-corrected chi connectivity index (χ3v) is 2.64. The first-order valence-corrected chi connectivity index (χ1v) is 5.27. The first kappa shape index (κ1) is 10.9. The number of aromatic nitrogens is 1. The van der Waals surface area contributed by atoms with Crippen molar-refractivity contribution in [2.75, 3.05) is 13.7 Å². The third kappa shape index (κ3) is 1.99. The van der Waals surface area contributed by atoms with Gasteiger partial charge in [-0.05, 0) is 18.6 Å². The Bertz CT molecular complexity index is 514. The van der Waals surface area contributed by atoms with Gasteiger partial charge in [-0.25, -0.2) is 0 Å². The largest absolute Gasteiger partial charge is 0.377 e. The molecule has 0 N–H and O–H groups in total. The van der Waals surface area contributed by atoms with Gasteiger partial charge in [0.05, 0.1) is 6.54 Å². The Kier molecular flexibility index (Phi) is 3.06. The van der Waals surface area contributed by atoms with Crippen molar-refractivity contribution in [3.05, 3.63) is 36.0 Å². The van der Waals surface area contributed by atoms with E-state index in [0.29, 0.717) is 6.54 Å². The number of ketones is 1. The maximum Gasteiger partial charge on any atom is 0.178 e. The molecule has 0 aliphatic carbocycles. The van der Waals surface area contributed by atoms with Crippen LogP contribution in [0.15, 0.2) is 30.5 Å². The highest BCUT2D eigenvalue weighted by atomic mass is 16.5. The SMILES string of the molecule is COCC(=O)Cn1cc(C)c2ccccc21. The van der Waals surface area contributed by atoms with Crippen LogP contribution in [0, 0.1) is 6.92 Å². The summed E-state index contributed by atoms with van der Waals surface area (Å²) in [6.07, 6.45) is 2.01. The monoisotopic (exact) mass is 217 g/mol. The number of rotatable bonds is 4. The number of methoxy groups -OCH3 is 1.